The van der Waals surface area contributed by atoms with Gasteiger partial charge in [0.05, 0.1) is 12.6 Å². The Morgan fingerprint density at radius 3 is 2.83 bits per heavy atom. The first kappa shape index (κ1) is 15.6. The van der Waals surface area contributed by atoms with Crippen LogP contribution in [0.1, 0.15) is 28.1 Å². The van der Waals surface area contributed by atoms with Gasteiger partial charge >= 0.3 is 6.03 Å². The van der Waals surface area contributed by atoms with Gasteiger partial charge in [0.1, 0.15) is 5.01 Å². The lowest BCUT2D eigenvalue weighted by Gasteiger charge is -2.24. The zero-order valence-electron chi connectivity index (χ0n) is 14.0. The van der Waals surface area contributed by atoms with E-state index in [0.29, 0.717) is 11.8 Å². The molecule has 0 bridgehead atoms. The fourth-order valence-corrected chi connectivity index (χ4v) is 4.70. The highest BCUT2D eigenvalue weighted by atomic mass is 32.1. The maximum absolute atomic E-state index is 12.2. The van der Waals surface area contributed by atoms with E-state index in [4.69, 9.17) is 0 Å². The molecule has 2 amide bonds. The second-order valence-electron chi connectivity index (χ2n) is 6.84. The van der Waals surface area contributed by atoms with Crippen molar-refractivity contribution in [1.29, 1.82) is 0 Å². The van der Waals surface area contributed by atoms with E-state index >= 15 is 0 Å². The highest BCUT2D eigenvalue weighted by Gasteiger charge is 2.46. The molecule has 1 fully saturated rings. The summed E-state index contributed by atoms with van der Waals surface area (Å²) in [7, 11) is 3.58. The van der Waals surface area contributed by atoms with Crippen molar-refractivity contribution in [3.05, 3.63) is 52.0 Å². The quantitative estimate of drug-likeness (QED) is 0.933. The van der Waals surface area contributed by atoms with Gasteiger partial charge in [-0.1, -0.05) is 24.3 Å². The van der Waals surface area contributed by atoms with E-state index in [9.17, 15) is 4.79 Å². The Morgan fingerprint density at radius 1 is 1.33 bits per heavy atom. The van der Waals surface area contributed by atoms with Gasteiger partial charge in [0.2, 0.25) is 0 Å². The molecular formula is C18H22N4OS. The molecule has 2 aromatic rings. The molecule has 3 atom stereocenters. The molecule has 1 aliphatic carbocycles. The zero-order chi connectivity index (χ0) is 16.7. The molecule has 0 radical (unpaired) electrons. The number of carbonyl (C=O) groups is 1. The van der Waals surface area contributed by atoms with Gasteiger partial charge in [0, 0.05) is 50.6 Å². The average molecular weight is 342 g/mol. The van der Waals surface area contributed by atoms with Crippen LogP contribution in [0.15, 0.2) is 35.8 Å². The van der Waals surface area contributed by atoms with Gasteiger partial charge in [-0.2, -0.15) is 0 Å². The number of aromatic nitrogens is 1. The number of thiazole rings is 1. The van der Waals surface area contributed by atoms with Crippen LogP contribution in [0.3, 0.4) is 0 Å². The van der Waals surface area contributed by atoms with Gasteiger partial charge < -0.3 is 10.2 Å². The molecule has 1 aromatic heterocycles. The molecule has 0 saturated carbocycles. The van der Waals surface area contributed by atoms with Crippen molar-refractivity contribution >= 4 is 17.4 Å². The van der Waals surface area contributed by atoms with Crippen LogP contribution in [0.2, 0.25) is 0 Å². The predicted octanol–water partition coefficient (Wildman–Crippen LogP) is 2.68. The van der Waals surface area contributed by atoms with Crippen LogP contribution in [0.5, 0.6) is 0 Å². The van der Waals surface area contributed by atoms with Crippen molar-refractivity contribution in [3.8, 4) is 0 Å². The van der Waals surface area contributed by atoms with Crippen molar-refractivity contribution in [2.75, 3.05) is 27.2 Å². The summed E-state index contributed by atoms with van der Waals surface area (Å²) in [6, 6.07) is 8.65. The van der Waals surface area contributed by atoms with Crippen molar-refractivity contribution in [2.45, 2.75) is 18.5 Å². The number of hydrogen-bond donors (Lipinski definition) is 1. The van der Waals surface area contributed by atoms with Crippen molar-refractivity contribution in [2.24, 2.45) is 5.92 Å². The van der Waals surface area contributed by atoms with Crippen LogP contribution in [-0.2, 0) is 6.54 Å². The Bertz CT molecular complexity index is 730. The fourth-order valence-electron chi connectivity index (χ4n) is 4.04. The minimum absolute atomic E-state index is 0.0196. The Hall–Kier alpha value is -1.92. The summed E-state index contributed by atoms with van der Waals surface area (Å²) in [4.78, 5) is 20.7. The van der Waals surface area contributed by atoms with Crippen LogP contribution in [0.25, 0.3) is 0 Å². The van der Waals surface area contributed by atoms with Gasteiger partial charge in [0.15, 0.2) is 0 Å². The van der Waals surface area contributed by atoms with Crippen LogP contribution in [0, 0.1) is 5.92 Å². The number of nitrogens with zero attached hydrogens (tertiary/aromatic N) is 3. The molecule has 1 N–H and O–H groups in total. The summed E-state index contributed by atoms with van der Waals surface area (Å²) in [5.74, 6) is 0.930. The lowest BCUT2D eigenvalue weighted by atomic mass is 9.94. The summed E-state index contributed by atoms with van der Waals surface area (Å²) in [6.07, 6.45) is 1.87. The van der Waals surface area contributed by atoms with Crippen LogP contribution in [0.4, 0.5) is 4.79 Å². The van der Waals surface area contributed by atoms with Crippen LogP contribution >= 0.6 is 11.3 Å². The number of amides is 2. The maximum Gasteiger partial charge on any atom is 0.317 e. The monoisotopic (exact) mass is 342 g/mol. The number of nitrogens with one attached hydrogen (secondary N) is 1. The van der Waals surface area contributed by atoms with Gasteiger partial charge in [0.25, 0.3) is 0 Å². The second kappa shape index (κ2) is 6.18. The summed E-state index contributed by atoms with van der Waals surface area (Å²) in [5.41, 5.74) is 2.68. The summed E-state index contributed by atoms with van der Waals surface area (Å²) in [6.45, 7) is 2.94. The first-order chi connectivity index (χ1) is 11.6. The van der Waals surface area contributed by atoms with Gasteiger partial charge in [-0.15, -0.1) is 11.3 Å². The summed E-state index contributed by atoms with van der Waals surface area (Å²) >= 11 is 1.71. The Balaban J connectivity index is 1.57. The van der Waals surface area contributed by atoms with Gasteiger partial charge in [-0.25, -0.2) is 9.78 Å². The van der Waals surface area contributed by atoms with E-state index < -0.39 is 0 Å². The third-order valence-electron chi connectivity index (χ3n) is 5.13. The van der Waals surface area contributed by atoms with E-state index in [-0.39, 0.29) is 12.1 Å². The average Bonchev–Trinajstić information content (AvgIpc) is 3.27. The molecule has 4 rings (SSSR count). The van der Waals surface area contributed by atoms with E-state index in [1.54, 1.807) is 30.3 Å². The number of fused-ring (bicyclic) bond motifs is 3. The zero-order valence-corrected chi connectivity index (χ0v) is 14.8. The molecule has 5 nitrogen and oxygen atoms in total. The van der Waals surface area contributed by atoms with Crippen LogP contribution in [-0.4, -0.2) is 48.0 Å². The Morgan fingerprint density at radius 2 is 2.12 bits per heavy atom. The third-order valence-corrected chi connectivity index (χ3v) is 5.89. The standard InChI is InChI=1S/C18H22N4OS/c1-21(2)18(23)20-17-13-6-4-3-5-12(13)14-9-22(10-15(14)17)11-16-19-7-8-24-16/h3-8,14-15,17H,9-11H2,1-2H3,(H,20,23)/t14-,15-,17-/m0/s1. The molecule has 1 aromatic carbocycles. The van der Waals surface area contributed by atoms with E-state index in [1.165, 1.54) is 11.1 Å². The molecule has 1 aliphatic heterocycles. The molecule has 24 heavy (non-hydrogen) atoms. The Kier molecular flexibility index (Phi) is 4.02. The lowest BCUT2D eigenvalue weighted by molar-refractivity contribution is 0.207. The molecule has 0 spiro atoms. The number of urea groups is 1. The van der Waals surface area contributed by atoms with Gasteiger partial charge in [-0.05, 0) is 11.1 Å². The number of benzene rings is 1. The smallest absolute Gasteiger partial charge is 0.317 e. The minimum atomic E-state index is -0.0196. The minimum Gasteiger partial charge on any atom is -0.331 e. The van der Waals surface area contributed by atoms with E-state index in [1.807, 2.05) is 11.6 Å². The number of hydrogen-bond acceptors (Lipinski definition) is 4. The molecule has 126 valence electrons. The van der Waals surface area contributed by atoms with E-state index in [2.05, 4.69) is 39.5 Å². The third kappa shape index (κ3) is 2.70. The SMILES string of the molecule is CN(C)C(=O)N[C@H]1c2ccccc2[C@@H]2CN(Cc3nccs3)C[C@@H]21. The predicted molar refractivity (Wildman–Crippen MR) is 95.0 cm³/mol. The first-order valence-corrected chi connectivity index (χ1v) is 9.19. The van der Waals surface area contributed by atoms with Crippen molar-refractivity contribution in [1.82, 2.24) is 20.1 Å². The highest BCUT2D eigenvalue weighted by Crippen LogP contribution is 2.49. The summed E-state index contributed by atoms with van der Waals surface area (Å²) < 4.78 is 0. The number of carbonyl (C=O) groups excluding carboxylic acids is 1. The molecule has 2 heterocycles. The largest absolute Gasteiger partial charge is 0.331 e. The molecular weight excluding hydrogens is 320 g/mol. The molecule has 0 unspecified atom stereocenters. The lowest BCUT2D eigenvalue weighted by Crippen LogP contribution is -2.39. The fraction of sp³-hybridized carbons (Fsp3) is 0.444. The van der Waals surface area contributed by atoms with E-state index in [0.717, 1.165) is 24.6 Å². The maximum atomic E-state index is 12.2. The normalized spacial score (nSPS) is 25.3. The number of likely N-dealkylation sites (tertiary alicyclic amines) is 1. The Labute approximate surface area is 146 Å². The number of rotatable bonds is 3. The van der Waals surface area contributed by atoms with Gasteiger partial charge in [-0.3, -0.25) is 4.90 Å². The van der Waals surface area contributed by atoms with Crippen molar-refractivity contribution in [3.63, 3.8) is 0 Å². The van der Waals surface area contributed by atoms with Crippen molar-refractivity contribution < 1.29 is 4.79 Å². The van der Waals surface area contributed by atoms with Crippen LogP contribution < -0.4 is 5.32 Å². The topological polar surface area (TPSA) is 48.5 Å². The molecule has 1 saturated heterocycles. The highest BCUT2D eigenvalue weighted by molar-refractivity contribution is 7.09. The first-order valence-electron chi connectivity index (χ1n) is 8.31. The molecule has 6 heteroatoms. The summed E-state index contributed by atoms with van der Waals surface area (Å²) in [5, 5.41) is 6.43. The second-order valence-corrected chi connectivity index (χ2v) is 7.82. The molecule has 2 aliphatic rings.